The monoisotopic (exact) mass is 740 g/mol. The Morgan fingerprint density at radius 3 is 0.827 bits per heavy atom. The number of ether oxygens (including phenoxy) is 12. The van der Waals surface area contributed by atoms with E-state index in [1.54, 1.807) is 104 Å². The zero-order valence-corrected chi connectivity index (χ0v) is 34.2. The number of hydrogen-bond donors (Lipinski definition) is 0. The fourth-order valence-corrected chi connectivity index (χ4v) is 14.2. The molecule has 0 aromatic heterocycles. The van der Waals surface area contributed by atoms with Gasteiger partial charge in [-0.25, -0.2) is 0 Å². The molecule has 0 bridgehead atoms. The van der Waals surface area contributed by atoms with Crippen molar-refractivity contribution in [2.75, 3.05) is 85.3 Å². The predicted molar refractivity (Wildman–Crippen MR) is 203 cm³/mol. The lowest BCUT2D eigenvalue weighted by Crippen LogP contribution is -2.70. The van der Waals surface area contributed by atoms with Crippen LogP contribution in [0.15, 0.2) is 40.1 Å². The predicted octanol–water partition coefficient (Wildman–Crippen LogP) is 5.10. The van der Waals surface area contributed by atoms with Crippen LogP contribution in [-0.2, 0) is 0 Å². The smallest absolute Gasteiger partial charge is 0.204 e. The van der Waals surface area contributed by atoms with Crippen molar-refractivity contribution in [2.45, 2.75) is 27.7 Å². The van der Waals surface area contributed by atoms with E-state index in [0.29, 0.717) is 84.6 Å². The average molecular weight is 741 g/mol. The number of methoxy groups -OCH3 is 12. The second-order valence-corrected chi connectivity index (χ2v) is 15.5. The second kappa shape index (κ2) is 16.1. The largest absolute Gasteiger partial charge is 0.497 e. The van der Waals surface area contributed by atoms with Crippen molar-refractivity contribution in [1.29, 1.82) is 0 Å². The summed E-state index contributed by atoms with van der Waals surface area (Å²) < 4.78 is 74.2. The third-order valence-corrected chi connectivity index (χ3v) is 15.5. The van der Waals surface area contributed by atoms with Crippen LogP contribution in [0.1, 0.15) is 27.7 Å². The van der Waals surface area contributed by atoms with E-state index in [2.05, 4.69) is 27.7 Å². The zero-order valence-electron chi connectivity index (χ0n) is 33.2. The molecule has 0 amide bonds. The quantitative estimate of drug-likeness (QED) is 0.144. The number of benzene rings is 3. The van der Waals surface area contributed by atoms with Gasteiger partial charge in [-0.15, -0.1) is 0 Å². The van der Waals surface area contributed by atoms with E-state index in [1.165, 1.54) is 5.57 Å². The van der Waals surface area contributed by atoms with Gasteiger partial charge in [0.15, 0.2) is 34.5 Å². The van der Waals surface area contributed by atoms with Gasteiger partial charge in [0, 0.05) is 33.8 Å². The fourth-order valence-electron chi connectivity index (χ4n) is 7.70. The van der Waals surface area contributed by atoms with Gasteiger partial charge < -0.3 is 56.8 Å². The van der Waals surface area contributed by atoms with Gasteiger partial charge in [0.05, 0.1) is 85.3 Å². The lowest BCUT2D eigenvalue weighted by Gasteiger charge is -2.42. The van der Waals surface area contributed by atoms with Gasteiger partial charge in [0.1, 0.15) is 17.2 Å². The summed E-state index contributed by atoms with van der Waals surface area (Å²) in [4.78, 5) is 0. The van der Waals surface area contributed by atoms with E-state index >= 15 is 0 Å². The number of hydrogen-bond acceptors (Lipinski definition) is 12. The van der Waals surface area contributed by atoms with Crippen LogP contribution < -0.4 is 72.4 Å². The molecule has 1 aliphatic carbocycles. The number of allylic oxidation sites excluding steroid dienone is 4. The minimum Gasteiger partial charge on any atom is -0.497 e. The second-order valence-electron chi connectivity index (χ2n) is 12.0. The molecule has 1 aliphatic rings. The average Bonchev–Trinajstić information content (AvgIpc) is 3.37. The maximum Gasteiger partial charge on any atom is 0.204 e. The summed E-state index contributed by atoms with van der Waals surface area (Å²) in [7, 11) is 14.8. The molecule has 1 unspecified atom stereocenters. The highest BCUT2D eigenvalue weighted by Gasteiger charge is 2.59. The first-order chi connectivity index (χ1) is 25.0. The topological polar surface area (TPSA) is 111 Å². The molecule has 284 valence electrons. The fraction of sp³-hybridized carbons (Fsp3) is 0.436. The Morgan fingerprint density at radius 2 is 0.635 bits per heavy atom. The molecule has 3 aromatic rings. The highest BCUT2D eigenvalue weighted by Crippen LogP contribution is 2.53. The maximum atomic E-state index is 6.42. The number of rotatable bonds is 16. The van der Waals surface area contributed by atoms with Gasteiger partial charge in [0.25, 0.3) is 0 Å². The van der Waals surface area contributed by atoms with E-state index in [0.717, 1.165) is 16.3 Å². The van der Waals surface area contributed by atoms with Crippen molar-refractivity contribution >= 4 is 23.6 Å². The standard InChI is InChI=1S/C39H52O12Si/c1-20-21(2)23(4)36(22(20)3)52(37-27(43-8)17-24(40-5)30(46-11)33(37)49-14,38-28(44-9)18-25(41-6)31(47-12)34(38)50-15)39-29(45-10)19-26(42-7)32(48-13)35(39)51-16/h17-19,22H,1-16H3. The summed E-state index contributed by atoms with van der Waals surface area (Å²) >= 11 is 0. The molecule has 0 aliphatic heterocycles. The summed E-state index contributed by atoms with van der Waals surface area (Å²) in [5.74, 6) is 4.49. The van der Waals surface area contributed by atoms with Crippen LogP contribution in [0.5, 0.6) is 69.0 Å². The van der Waals surface area contributed by atoms with Crippen LogP contribution in [0.3, 0.4) is 0 Å². The van der Waals surface area contributed by atoms with Gasteiger partial charge in [-0.3, -0.25) is 0 Å². The molecule has 3 aromatic carbocycles. The van der Waals surface area contributed by atoms with Crippen LogP contribution in [-0.4, -0.2) is 93.4 Å². The van der Waals surface area contributed by atoms with Crippen LogP contribution >= 0.6 is 0 Å². The third-order valence-electron chi connectivity index (χ3n) is 10.2. The van der Waals surface area contributed by atoms with Crippen LogP contribution in [0.25, 0.3) is 0 Å². The molecule has 0 saturated carbocycles. The molecule has 1 atom stereocenters. The Hall–Kier alpha value is -5.04. The van der Waals surface area contributed by atoms with Gasteiger partial charge in [0.2, 0.25) is 25.3 Å². The highest BCUT2D eigenvalue weighted by molar-refractivity contribution is 7.18. The molecule has 0 heterocycles. The minimum absolute atomic E-state index is 0.140. The van der Waals surface area contributed by atoms with Crippen molar-refractivity contribution in [3.63, 3.8) is 0 Å². The molecule has 0 radical (unpaired) electrons. The van der Waals surface area contributed by atoms with E-state index in [9.17, 15) is 0 Å². The van der Waals surface area contributed by atoms with Gasteiger partial charge in [-0.1, -0.05) is 23.3 Å². The van der Waals surface area contributed by atoms with E-state index in [1.807, 2.05) is 0 Å². The lowest BCUT2D eigenvalue weighted by atomic mass is 10.1. The van der Waals surface area contributed by atoms with Crippen LogP contribution in [0.2, 0.25) is 0 Å². The Labute approximate surface area is 308 Å². The van der Waals surface area contributed by atoms with E-state index < -0.39 is 8.07 Å². The van der Waals surface area contributed by atoms with Crippen molar-refractivity contribution in [3.05, 3.63) is 40.1 Å². The molecular formula is C39H52O12Si. The summed E-state index contributed by atoms with van der Waals surface area (Å²) in [6.45, 7) is 8.58. The van der Waals surface area contributed by atoms with Gasteiger partial charge in [-0.2, -0.15) is 0 Å². The first-order valence-corrected chi connectivity index (χ1v) is 18.5. The van der Waals surface area contributed by atoms with E-state index in [4.69, 9.17) is 56.8 Å². The SMILES string of the molecule is COc1cc(OC)c([Si](C2=C(C)C(C)=C(C)C2C)(c2c(OC)cc(OC)c(OC)c2OC)c2c(OC)cc(OC)c(OC)c2OC)c(OC)c1OC. The molecule has 0 spiro atoms. The minimum atomic E-state index is -4.16. The summed E-state index contributed by atoms with van der Waals surface area (Å²) in [6.07, 6.45) is 0. The zero-order chi connectivity index (χ0) is 38.7. The van der Waals surface area contributed by atoms with E-state index in [-0.39, 0.29) is 5.92 Å². The molecule has 12 nitrogen and oxygen atoms in total. The Kier molecular flexibility index (Phi) is 12.3. The molecule has 13 heteroatoms. The maximum absolute atomic E-state index is 6.42. The van der Waals surface area contributed by atoms with Crippen LogP contribution in [0.4, 0.5) is 0 Å². The third kappa shape index (κ3) is 5.75. The Balaban J connectivity index is 2.69. The van der Waals surface area contributed by atoms with Crippen molar-refractivity contribution in [1.82, 2.24) is 0 Å². The van der Waals surface area contributed by atoms with Gasteiger partial charge in [-0.05, 0) is 32.3 Å². The van der Waals surface area contributed by atoms with Gasteiger partial charge >= 0.3 is 0 Å². The summed E-state index contributed by atoms with van der Waals surface area (Å²) in [5, 5.41) is 2.93. The molecule has 52 heavy (non-hydrogen) atoms. The molecule has 0 fully saturated rings. The first kappa shape index (κ1) is 39.7. The highest BCUT2D eigenvalue weighted by atomic mass is 28.3. The Bertz CT molecular complexity index is 1710. The molecule has 0 N–H and O–H groups in total. The van der Waals surface area contributed by atoms with Crippen molar-refractivity contribution in [2.24, 2.45) is 5.92 Å². The molecular weight excluding hydrogens is 689 g/mol. The summed E-state index contributed by atoms with van der Waals surface area (Å²) in [5.41, 5.74) is 3.36. The van der Waals surface area contributed by atoms with Crippen LogP contribution in [0, 0.1) is 5.92 Å². The molecule has 4 rings (SSSR count). The Morgan fingerprint density at radius 1 is 0.365 bits per heavy atom. The van der Waals surface area contributed by atoms with Crippen molar-refractivity contribution < 1.29 is 56.8 Å². The first-order valence-electron chi connectivity index (χ1n) is 16.5. The van der Waals surface area contributed by atoms with Crippen molar-refractivity contribution in [3.8, 4) is 69.0 Å². The molecule has 0 saturated heterocycles. The normalized spacial score (nSPS) is 14.2. The lowest BCUT2D eigenvalue weighted by molar-refractivity contribution is 0.319. The summed E-state index contributed by atoms with van der Waals surface area (Å²) in [6, 6.07) is 5.38.